The van der Waals surface area contributed by atoms with Gasteiger partial charge in [0.1, 0.15) is 6.04 Å². The van der Waals surface area contributed by atoms with E-state index in [0.717, 1.165) is 23.3 Å². The standard InChI is InChI=1S/C20H24N2O3S2/c1-15-9-11-18(12-10-15)27(24,25)22-13-4-3-8-19(22)20(23)21-16-6-5-7-17(14-16)26-2/h5-7,9-12,14,19H,3-4,8,13H2,1-2H3,(H,21,23)/t19-/m1/s1. The molecule has 1 atom stereocenters. The number of benzene rings is 2. The molecule has 144 valence electrons. The minimum atomic E-state index is -3.71. The summed E-state index contributed by atoms with van der Waals surface area (Å²) in [5.41, 5.74) is 1.68. The van der Waals surface area contributed by atoms with Gasteiger partial charge in [-0.1, -0.05) is 30.2 Å². The summed E-state index contributed by atoms with van der Waals surface area (Å²) in [4.78, 5) is 14.2. The van der Waals surface area contributed by atoms with Crippen LogP contribution in [0.25, 0.3) is 0 Å². The molecule has 0 spiro atoms. The van der Waals surface area contributed by atoms with E-state index in [0.29, 0.717) is 18.7 Å². The van der Waals surface area contributed by atoms with Crippen LogP contribution in [-0.2, 0) is 14.8 Å². The lowest BCUT2D eigenvalue weighted by Gasteiger charge is -2.33. The van der Waals surface area contributed by atoms with Crippen molar-refractivity contribution in [3.63, 3.8) is 0 Å². The van der Waals surface area contributed by atoms with Crippen LogP contribution in [0.4, 0.5) is 5.69 Å². The fraction of sp³-hybridized carbons (Fsp3) is 0.350. The Bertz CT molecular complexity index is 911. The quantitative estimate of drug-likeness (QED) is 0.768. The molecule has 1 fully saturated rings. The lowest BCUT2D eigenvalue weighted by Crippen LogP contribution is -2.49. The molecule has 27 heavy (non-hydrogen) atoms. The zero-order valence-corrected chi connectivity index (χ0v) is 17.1. The van der Waals surface area contributed by atoms with E-state index in [4.69, 9.17) is 0 Å². The second kappa shape index (κ2) is 8.46. The van der Waals surface area contributed by atoms with Crippen molar-refractivity contribution < 1.29 is 13.2 Å². The predicted octanol–water partition coefficient (Wildman–Crippen LogP) is 3.90. The highest BCUT2D eigenvalue weighted by Crippen LogP contribution is 2.27. The van der Waals surface area contributed by atoms with E-state index >= 15 is 0 Å². The Balaban J connectivity index is 1.84. The molecule has 0 saturated carbocycles. The summed E-state index contributed by atoms with van der Waals surface area (Å²) in [5, 5.41) is 2.89. The number of carbonyl (C=O) groups is 1. The van der Waals surface area contributed by atoms with E-state index in [1.807, 2.05) is 37.4 Å². The summed E-state index contributed by atoms with van der Waals surface area (Å²) in [7, 11) is -3.71. The maximum atomic E-state index is 13.1. The number of thioether (sulfide) groups is 1. The van der Waals surface area contributed by atoms with Gasteiger partial charge >= 0.3 is 0 Å². The Morgan fingerprint density at radius 1 is 1.15 bits per heavy atom. The first-order valence-corrected chi connectivity index (χ1v) is 11.6. The van der Waals surface area contributed by atoms with E-state index in [1.54, 1.807) is 36.0 Å². The first-order valence-electron chi connectivity index (χ1n) is 8.95. The number of nitrogens with one attached hydrogen (secondary N) is 1. The summed E-state index contributed by atoms with van der Waals surface area (Å²) in [6.45, 7) is 2.27. The highest BCUT2D eigenvalue weighted by atomic mass is 32.2. The van der Waals surface area contributed by atoms with E-state index in [2.05, 4.69) is 5.32 Å². The van der Waals surface area contributed by atoms with Gasteiger partial charge in [0, 0.05) is 17.1 Å². The molecular formula is C20H24N2O3S2. The van der Waals surface area contributed by atoms with Gasteiger partial charge in [0.25, 0.3) is 0 Å². The monoisotopic (exact) mass is 404 g/mol. The maximum absolute atomic E-state index is 13.1. The fourth-order valence-corrected chi connectivity index (χ4v) is 5.34. The first kappa shape index (κ1) is 19.9. The Morgan fingerprint density at radius 2 is 1.89 bits per heavy atom. The minimum Gasteiger partial charge on any atom is -0.325 e. The molecule has 0 unspecified atom stereocenters. The third-order valence-corrected chi connectivity index (χ3v) is 7.37. The Kier molecular flexibility index (Phi) is 6.24. The molecule has 5 nitrogen and oxygen atoms in total. The van der Waals surface area contributed by atoms with Crippen molar-refractivity contribution in [3.05, 3.63) is 54.1 Å². The molecule has 1 aliphatic heterocycles. The van der Waals surface area contributed by atoms with Crippen LogP contribution in [-0.4, -0.2) is 37.5 Å². The summed E-state index contributed by atoms with van der Waals surface area (Å²) in [5.74, 6) is -0.274. The molecule has 2 aromatic rings. The average Bonchev–Trinajstić information content (AvgIpc) is 2.68. The van der Waals surface area contributed by atoms with Crippen LogP contribution in [0.1, 0.15) is 24.8 Å². The van der Waals surface area contributed by atoms with Crippen molar-refractivity contribution in [1.29, 1.82) is 0 Å². The van der Waals surface area contributed by atoms with Gasteiger partial charge in [0.05, 0.1) is 4.90 Å². The van der Waals surface area contributed by atoms with Crippen LogP contribution < -0.4 is 5.32 Å². The minimum absolute atomic E-state index is 0.234. The van der Waals surface area contributed by atoms with Gasteiger partial charge in [0.15, 0.2) is 0 Å². The lowest BCUT2D eigenvalue weighted by molar-refractivity contribution is -0.120. The van der Waals surface area contributed by atoms with E-state index in [-0.39, 0.29) is 10.8 Å². The molecule has 1 aliphatic rings. The molecule has 1 N–H and O–H groups in total. The van der Waals surface area contributed by atoms with Crippen molar-refractivity contribution >= 4 is 33.4 Å². The number of carbonyl (C=O) groups excluding carboxylic acids is 1. The van der Waals surface area contributed by atoms with Crippen LogP contribution in [0, 0.1) is 6.92 Å². The van der Waals surface area contributed by atoms with Crippen molar-refractivity contribution in [1.82, 2.24) is 4.31 Å². The molecule has 0 radical (unpaired) electrons. The maximum Gasteiger partial charge on any atom is 0.243 e. The SMILES string of the molecule is CSc1cccc(NC(=O)[C@H]2CCCCN2S(=O)(=O)c2ccc(C)cc2)c1. The van der Waals surface area contributed by atoms with Crippen molar-refractivity contribution in [3.8, 4) is 0 Å². The van der Waals surface area contributed by atoms with Crippen molar-refractivity contribution in [2.24, 2.45) is 0 Å². The predicted molar refractivity (Wildman–Crippen MR) is 110 cm³/mol. The number of piperidine rings is 1. The van der Waals surface area contributed by atoms with Gasteiger partial charge in [-0.15, -0.1) is 11.8 Å². The fourth-order valence-electron chi connectivity index (χ4n) is 3.23. The van der Waals surface area contributed by atoms with Gasteiger partial charge in [-0.25, -0.2) is 8.42 Å². The summed E-state index contributed by atoms with van der Waals surface area (Å²) in [6, 6.07) is 13.6. The smallest absolute Gasteiger partial charge is 0.243 e. The summed E-state index contributed by atoms with van der Waals surface area (Å²) >= 11 is 1.59. The second-order valence-electron chi connectivity index (χ2n) is 6.66. The summed E-state index contributed by atoms with van der Waals surface area (Å²) < 4.78 is 27.6. The Hall–Kier alpha value is -1.83. The van der Waals surface area contributed by atoms with Gasteiger partial charge in [-0.2, -0.15) is 4.31 Å². The van der Waals surface area contributed by atoms with Crippen molar-refractivity contribution in [2.75, 3.05) is 18.1 Å². The van der Waals surface area contributed by atoms with Crippen LogP contribution >= 0.6 is 11.8 Å². The van der Waals surface area contributed by atoms with Gasteiger partial charge < -0.3 is 5.32 Å². The molecule has 1 heterocycles. The molecule has 2 aromatic carbocycles. The number of aryl methyl sites for hydroxylation is 1. The average molecular weight is 405 g/mol. The van der Waals surface area contributed by atoms with E-state index < -0.39 is 16.1 Å². The van der Waals surface area contributed by atoms with Crippen molar-refractivity contribution in [2.45, 2.75) is 42.0 Å². The number of sulfonamides is 1. The van der Waals surface area contributed by atoms with E-state index in [9.17, 15) is 13.2 Å². The summed E-state index contributed by atoms with van der Waals surface area (Å²) in [6.07, 6.45) is 4.09. The highest BCUT2D eigenvalue weighted by molar-refractivity contribution is 7.98. The molecule has 1 saturated heterocycles. The Morgan fingerprint density at radius 3 is 2.59 bits per heavy atom. The molecule has 0 bridgehead atoms. The zero-order chi connectivity index (χ0) is 19.4. The molecule has 1 amide bonds. The number of nitrogens with zero attached hydrogens (tertiary/aromatic N) is 1. The van der Waals surface area contributed by atoms with Crippen LogP contribution in [0.5, 0.6) is 0 Å². The number of amides is 1. The molecule has 3 rings (SSSR count). The number of anilines is 1. The number of hydrogen-bond acceptors (Lipinski definition) is 4. The number of hydrogen-bond donors (Lipinski definition) is 1. The van der Waals surface area contributed by atoms with Gasteiger partial charge in [-0.3, -0.25) is 4.79 Å². The highest BCUT2D eigenvalue weighted by Gasteiger charge is 2.37. The largest absolute Gasteiger partial charge is 0.325 e. The zero-order valence-electron chi connectivity index (χ0n) is 15.5. The lowest BCUT2D eigenvalue weighted by atomic mass is 10.0. The van der Waals surface area contributed by atoms with Gasteiger partial charge in [-0.05, 0) is 56.4 Å². The molecule has 7 heteroatoms. The Labute approximate surface area is 165 Å². The first-order chi connectivity index (χ1) is 12.9. The number of rotatable bonds is 5. The molecule has 0 aliphatic carbocycles. The second-order valence-corrected chi connectivity index (χ2v) is 9.43. The topological polar surface area (TPSA) is 66.5 Å². The van der Waals surface area contributed by atoms with Crippen LogP contribution in [0.3, 0.4) is 0 Å². The normalized spacial score (nSPS) is 18.2. The van der Waals surface area contributed by atoms with E-state index in [1.165, 1.54) is 4.31 Å². The third kappa shape index (κ3) is 4.54. The van der Waals surface area contributed by atoms with Crippen LogP contribution in [0.15, 0.2) is 58.3 Å². The van der Waals surface area contributed by atoms with Crippen LogP contribution in [0.2, 0.25) is 0 Å². The van der Waals surface area contributed by atoms with Gasteiger partial charge in [0.2, 0.25) is 15.9 Å². The molecule has 0 aromatic heterocycles. The molecular weight excluding hydrogens is 380 g/mol. The third-order valence-electron chi connectivity index (χ3n) is 4.72.